The van der Waals surface area contributed by atoms with Gasteiger partial charge in [0.15, 0.2) is 11.5 Å². The molecule has 5 rings (SSSR count). The molecule has 3 heterocycles. The first-order chi connectivity index (χ1) is 18.4. The molecule has 1 atom stereocenters. The molecule has 39 heavy (non-hydrogen) atoms. The summed E-state index contributed by atoms with van der Waals surface area (Å²) in [5.74, 6) is 0.706. The number of anilines is 1. The topological polar surface area (TPSA) is 162 Å². The second-order valence-corrected chi connectivity index (χ2v) is 9.05. The first kappa shape index (κ1) is 29.3. The molecule has 0 amide bonds. The minimum Gasteiger partial charge on any atom is -0.495 e. The highest BCUT2D eigenvalue weighted by Crippen LogP contribution is 2.39. The minimum atomic E-state index is -1.26. The van der Waals surface area contributed by atoms with Crippen molar-refractivity contribution >= 4 is 28.6 Å². The molecule has 0 aliphatic carbocycles. The molecular formula is C28H34N2O9. The molecule has 11 heteroatoms. The van der Waals surface area contributed by atoms with Gasteiger partial charge >= 0.3 is 11.9 Å². The van der Waals surface area contributed by atoms with Gasteiger partial charge in [-0.3, -0.25) is 0 Å². The van der Waals surface area contributed by atoms with Crippen LogP contribution in [0.5, 0.6) is 17.2 Å². The Morgan fingerprint density at radius 2 is 1.77 bits per heavy atom. The zero-order valence-electron chi connectivity index (χ0n) is 21.7. The number of furan rings is 1. The van der Waals surface area contributed by atoms with Crippen molar-refractivity contribution in [2.75, 3.05) is 44.8 Å². The summed E-state index contributed by atoms with van der Waals surface area (Å²) in [6.45, 7) is 4.46. The standard InChI is InChI=1S/C24H28N2O4.C4H4O4.H2O/c1-27-22-5-3-2-4-20(22)26-11-8-17(9-12-26)14-25-15-18-16-29-23-7-6-21-19(10-13-28-21)24(23)30-18;5-3(6)1-2-4(7)8;/h2-7,10,13,17-18,25H,8-9,11-12,14-16H2,1H3;1-2H,(H,5,6)(H,7,8);1H2/b;2-1+;/t18-;;/m0../s1. The van der Waals surface area contributed by atoms with Gasteiger partial charge in [-0.1, -0.05) is 12.1 Å². The maximum absolute atomic E-state index is 9.55. The van der Waals surface area contributed by atoms with Crippen LogP contribution in [0.3, 0.4) is 0 Å². The summed E-state index contributed by atoms with van der Waals surface area (Å²) in [4.78, 5) is 21.5. The summed E-state index contributed by atoms with van der Waals surface area (Å²) < 4.78 is 23.1. The maximum atomic E-state index is 9.55. The predicted molar refractivity (Wildman–Crippen MR) is 145 cm³/mol. The van der Waals surface area contributed by atoms with E-state index in [1.807, 2.05) is 30.3 Å². The Balaban J connectivity index is 0.000000410. The maximum Gasteiger partial charge on any atom is 0.328 e. The average Bonchev–Trinajstić information content (AvgIpc) is 3.42. The third-order valence-corrected chi connectivity index (χ3v) is 6.47. The van der Waals surface area contributed by atoms with E-state index in [-0.39, 0.29) is 11.6 Å². The van der Waals surface area contributed by atoms with Crippen LogP contribution in [0.4, 0.5) is 5.69 Å². The van der Waals surface area contributed by atoms with Crippen molar-refractivity contribution < 1.29 is 43.9 Å². The van der Waals surface area contributed by atoms with E-state index in [1.165, 1.54) is 18.5 Å². The lowest BCUT2D eigenvalue weighted by atomic mass is 9.96. The van der Waals surface area contributed by atoms with Crippen molar-refractivity contribution in [3.05, 3.63) is 60.9 Å². The van der Waals surface area contributed by atoms with Gasteiger partial charge in [0, 0.05) is 31.8 Å². The van der Waals surface area contributed by atoms with Crippen LogP contribution in [0.25, 0.3) is 11.0 Å². The normalized spacial score (nSPS) is 16.7. The number of carboxylic acids is 2. The number of carboxylic acid groups (broad SMARTS) is 2. The van der Waals surface area contributed by atoms with Gasteiger partial charge in [-0.15, -0.1) is 0 Å². The Bertz CT molecular complexity index is 1250. The molecule has 0 unspecified atom stereocenters. The van der Waals surface area contributed by atoms with Gasteiger partial charge in [0.05, 0.1) is 24.4 Å². The lowest BCUT2D eigenvalue weighted by Crippen LogP contribution is -2.42. The predicted octanol–water partition coefficient (Wildman–Crippen LogP) is 2.97. The van der Waals surface area contributed by atoms with Crippen molar-refractivity contribution in [2.45, 2.75) is 18.9 Å². The Kier molecular flexibility index (Phi) is 10.6. The van der Waals surface area contributed by atoms with Crippen LogP contribution in [-0.2, 0) is 9.59 Å². The number of rotatable bonds is 8. The Hall–Kier alpha value is -4.22. The molecule has 0 spiro atoms. The van der Waals surface area contributed by atoms with Crippen LogP contribution in [0.2, 0.25) is 0 Å². The molecule has 210 valence electrons. The molecule has 2 aliphatic rings. The number of hydrogen-bond donors (Lipinski definition) is 3. The summed E-state index contributed by atoms with van der Waals surface area (Å²) in [6.07, 6.45) is 5.15. The van der Waals surface area contributed by atoms with Gasteiger partial charge in [0.25, 0.3) is 0 Å². The summed E-state index contributed by atoms with van der Waals surface area (Å²) >= 11 is 0. The van der Waals surface area contributed by atoms with Crippen LogP contribution < -0.4 is 24.4 Å². The van der Waals surface area contributed by atoms with Crippen LogP contribution in [0.15, 0.2) is 65.3 Å². The number of para-hydroxylation sites is 2. The van der Waals surface area contributed by atoms with E-state index in [0.717, 1.165) is 54.4 Å². The van der Waals surface area contributed by atoms with Gasteiger partial charge in [-0.2, -0.15) is 0 Å². The third kappa shape index (κ3) is 7.88. The molecule has 0 saturated carbocycles. The zero-order chi connectivity index (χ0) is 26.9. The monoisotopic (exact) mass is 542 g/mol. The number of methoxy groups -OCH3 is 1. The van der Waals surface area contributed by atoms with Gasteiger partial charge in [0.1, 0.15) is 24.0 Å². The quantitative estimate of drug-likeness (QED) is 0.361. The number of fused-ring (bicyclic) bond motifs is 3. The Morgan fingerprint density at radius 1 is 1.05 bits per heavy atom. The third-order valence-electron chi connectivity index (χ3n) is 6.47. The average molecular weight is 543 g/mol. The number of ether oxygens (including phenoxy) is 3. The number of carbonyl (C=O) groups is 2. The second-order valence-electron chi connectivity index (χ2n) is 9.05. The molecular weight excluding hydrogens is 508 g/mol. The summed E-state index contributed by atoms with van der Waals surface area (Å²) in [5.41, 5.74) is 2.02. The molecule has 11 nitrogen and oxygen atoms in total. The first-order valence-electron chi connectivity index (χ1n) is 12.5. The van der Waals surface area contributed by atoms with Crippen molar-refractivity contribution in [1.29, 1.82) is 0 Å². The molecule has 3 aromatic rings. The fourth-order valence-corrected chi connectivity index (χ4v) is 4.58. The molecule has 5 N–H and O–H groups in total. The number of nitrogens with one attached hydrogen (secondary N) is 1. The van der Waals surface area contributed by atoms with Crippen molar-refractivity contribution in [3.63, 3.8) is 0 Å². The highest BCUT2D eigenvalue weighted by Gasteiger charge is 2.25. The van der Waals surface area contributed by atoms with Gasteiger partial charge in [-0.05, 0) is 55.6 Å². The van der Waals surface area contributed by atoms with E-state index in [1.54, 1.807) is 13.4 Å². The first-order valence-corrected chi connectivity index (χ1v) is 12.5. The molecule has 0 radical (unpaired) electrons. The van der Waals surface area contributed by atoms with Crippen LogP contribution in [0, 0.1) is 5.92 Å². The molecule has 2 aliphatic heterocycles. The van der Waals surface area contributed by atoms with Gasteiger partial charge < -0.3 is 44.5 Å². The number of hydrogen-bond acceptors (Lipinski definition) is 8. The Labute approximate surface area is 225 Å². The summed E-state index contributed by atoms with van der Waals surface area (Å²) in [7, 11) is 1.74. The number of benzene rings is 2. The SMILES string of the molecule is COc1ccccc1N1CCC(CNC[C@H]2COc3ccc4occc4c3O2)CC1.O.O=C(O)/C=C/C(=O)O. The molecule has 1 saturated heterocycles. The largest absolute Gasteiger partial charge is 0.495 e. The number of aliphatic carboxylic acids is 2. The van der Waals surface area contributed by atoms with Crippen molar-refractivity contribution in [2.24, 2.45) is 5.92 Å². The lowest BCUT2D eigenvalue weighted by molar-refractivity contribution is -0.134. The van der Waals surface area contributed by atoms with Gasteiger partial charge in [0.2, 0.25) is 0 Å². The summed E-state index contributed by atoms with van der Waals surface area (Å²) in [6, 6.07) is 14.0. The lowest BCUT2D eigenvalue weighted by Gasteiger charge is -2.34. The van der Waals surface area contributed by atoms with E-state index in [9.17, 15) is 9.59 Å². The minimum absolute atomic E-state index is 0. The zero-order valence-corrected chi connectivity index (χ0v) is 21.7. The van der Waals surface area contributed by atoms with Gasteiger partial charge in [-0.25, -0.2) is 9.59 Å². The van der Waals surface area contributed by atoms with E-state index < -0.39 is 11.9 Å². The summed E-state index contributed by atoms with van der Waals surface area (Å²) in [5, 5.41) is 20.2. The molecule has 0 bridgehead atoms. The number of piperidine rings is 1. The smallest absolute Gasteiger partial charge is 0.328 e. The molecule has 1 fully saturated rings. The highest BCUT2D eigenvalue weighted by molar-refractivity contribution is 5.89. The molecule has 2 aromatic carbocycles. The fraction of sp³-hybridized carbons (Fsp3) is 0.357. The van der Waals surface area contributed by atoms with Crippen LogP contribution in [0.1, 0.15) is 12.8 Å². The van der Waals surface area contributed by atoms with E-state index in [2.05, 4.69) is 22.3 Å². The number of nitrogens with zero attached hydrogens (tertiary/aromatic N) is 1. The van der Waals surface area contributed by atoms with Crippen LogP contribution in [-0.4, -0.2) is 73.6 Å². The highest BCUT2D eigenvalue weighted by atomic mass is 16.6. The van der Waals surface area contributed by atoms with E-state index >= 15 is 0 Å². The van der Waals surface area contributed by atoms with Crippen molar-refractivity contribution in [3.8, 4) is 17.2 Å². The van der Waals surface area contributed by atoms with E-state index in [4.69, 9.17) is 28.8 Å². The van der Waals surface area contributed by atoms with Crippen molar-refractivity contribution in [1.82, 2.24) is 5.32 Å². The fourth-order valence-electron chi connectivity index (χ4n) is 4.58. The Morgan fingerprint density at radius 3 is 2.46 bits per heavy atom. The van der Waals surface area contributed by atoms with Crippen LogP contribution >= 0.6 is 0 Å². The van der Waals surface area contributed by atoms with E-state index in [0.29, 0.717) is 24.7 Å². The second kappa shape index (κ2) is 14.1. The molecule has 1 aromatic heterocycles.